The van der Waals surface area contributed by atoms with Crippen LogP contribution in [0.2, 0.25) is 0 Å². The molecule has 0 saturated carbocycles. The standard InChI is InChI=1S/C22H28O2/c1-3-5-17-22(24-18-6-4-2,20-15-11-8-12-16-20)21(23)19-13-9-7-10-14-19/h7-16H,3-6,17-18H2,1-2H3. The third-order valence-electron chi connectivity index (χ3n) is 4.37. The third kappa shape index (κ3) is 4.33. The molecular formula is C22H28O2. The molecule has 0 amide bonds. The van der Waals surface area contributed by atoms with Crippen molar-refractivity contribution in [1.82, 2.24) is 0 Å². The van der Waals surface area contributed by atoms with Gasteiger partial charge in [-0.15, -0.1) is 0 Å². The number of hydrogen-bond donors (Lipinski definition) is 0. The van der Waals surface area contributed by atoms with Crippen LogP contribution in [0, 0.1) is 0 Å². The van der Waals surface area contributed by atoms with Crippen LogP contribution in [0.1, 0.15) is 61.9 Å². The van der Waals surface area contributed by atoms with Crippen LogP contribution in [-0.4, -0.2) is 12.4 Å². The van der Waals surface area contributed by atoms with E-state index >= 15 is 0 Å². The van der Waals surface area contributed by atoms with Gasteiger partial charge in [-0.05, 0) is 18.4 Å². The number of carbonyl (C=O) groups excluding carboxylic acids is 1. The molecule has 1 atom stereocenters. The minimum absolute atomic E-state index is 0.0684. The third-order valence-corrected chi connectivity index (χ3v) is 4.37. The van der Waals surface area contributed by atoms with Gasteiger partial charge in [-0.25, -0.2) is 0 Å². The molecule has 0 bridgehead atoms. The Hall–Kier alpha value is -1.93. The zero-order valence-electron chi connectivity index (χ0n) is 14.8. The van der Waals surface area contributed by atoms with E-state index in [9.17, 15) is 4.79 Å². The fraction of sp³-hybridized carbons (Fsp3) is 0.409. The summed E-state index contributed by atoms with van der Waals surface area (Å²) in [5.41, 5.74) is 0.797. The lowest BCUT2D eigenvalue weighted by atomic mass is 9.81. The van der Waals surface area contributed by atoms with Gasteiger partial charge in [0, 0.05) is 12.2 Å². The average Bonchev–Trinajstić information content (AvgIpc) is 2.65. The lowest BCUT2D eigenvalue weighted by Gasteiger charge is -2.33. The van der Waals surface area contributed by atoms with Gasteiger partial charge in [0.1, 0.15) is 0 Å². The van der Waals surface area contributed by atoms with Crippen molar-refractivity contribution in [2.45, 2.75) is 51.6 Å². The van der Waals surface area contributed by atoms with E-state index in [1.807, 2.05) is 60.7 Å². The molecule has 0 spiro atoms. The quantitative estimate of drug-likeness (QED) is 0.409. The summed E-state index contributed by atoms with van der Waals surface area (Å²) < 4.78 is 6.32. The van der Waals surface area contributed by atoms with Gasteiger partial charge in [-0.2, -0.15) is 0 Å². The van der Waals surface area contributed by atoms with Crippen molar-refractivity contribution in [1.29, 1.82) is 0 Å². The number of hydrogen-bond acceptors (Lipinski definition) is 2. The molecule has 0 aliphatic carbocycles. The van der Waals surface area contributed by atoms with Crippen molar-refractivity contribution in [3.8, 4) is 0 Å². The van der Waals surface area contributed by atoms with E-state index in [4.69, 9.17) is 4.74 Å². The van der Waals surface area contributed by atoms with Gasteiger partial charge in [0.15, 0.2) is 11.4 Å². The van der Waals surface area contributed by atoms with Gasteiger partial charge >= 0.3 is 0 Å². The predicted octanol–water partition coefficient (Wildman–Crippen LogP) is 5.77. The second-order valence-corrected chi connectivity index (χ2v) is 6.19. The molecule has 0 radical (unpaired) electrons. The fourth-order valence-corrected chi connectivity index (χ4v) is 2.96. The first-order chi connectivity index (χ1) is 11.7. The van der Waals surface area contributed by atoms with E-state index in [1.165, 1.54) is 0 Å². The monoisotopic (exact) mass is 324 g/mol. The van der Waals surface area contributed by atoms with E-state index in [-0.39, 0.29) is 5.78 Å². The Bertz CT molecular complexity index is 606. The minimum atomic E-state index is -0.881. The Morgan fingerprint density at radius 1 is 0.875 bits per heavy atom. The summed E-state index contributed by atoms with van der Waals surface area (Å²) >= 11 is 0. The van der Waals surface area contributed by atoms with Crippen LogP contribution in [0.15, 0.2) is 60.7 Å². The molecule has 1 unspecified atom stereocenters. The summed E-state index contributed by atoms with van der Waals surface area (Å²) in [5.74, 6) is 0.0684. The molecule has 128 valence electrons. The number of Topliss-reactive ketones (excluding diaryl/α,β-unsaturated/α-hetero) is 1. The second kappa shape index (κ2) is 9.39. The van der Waals surface area contributed by atoms with Crippen LogP contribution in [0.5, 0.6) is 0 Å². The molecule has 0 saturated heterocycles. The molecular weight excluding hydrogens is 296 g/mol. The first-order valence-corrected chi connectivity index (χ1v) is 9.04. The summed E-state index contributed by atoms with van der Waals surface area (Å²) in [7, 11) is 0. The Balaban J connectivity index is 2.45. The van der Waals surface area contributed by atoms with Crippen LogP contribution in [0.3, 0.4) is 0 Å². The molecule has 0 aromatic heterocycles. The number of ether oxygens (including phenoxy) is 1. The predicted molar refractivity (Wildman–Crippen MR) is 99.3 cm³/mol. The van der Waals surface area contributed by atoms with Crippen molar-refractivity contribution in [3.63, 3.8) is 0 Å². The van der Waals surface area contributed by atoms with Gasteiger partial charge in [0.05, 0.1) is 0 Å². The molecule has 2 aromatic carbocycles. The molecule has 0 fully saturated rings. The molecule has 2 nitrogen and oxygen atoms in total. The van der Waals surface area contributed by atoms with Crippen LogP contribution < -0.4 is 0 Å². The molecule has 2 rings (SSSR count). The number of carbonyl (C=O) groups is 1. The molecule has 2 aromatic rings. The van der Waals surface area contributed by atoms with Crippen LogP contribution in [-0.2, 0) is 10.3 Å². The highest BCUT2D eigenvalue weighted by Gasteiger charge is 2.41. The topological polar surface area (TPSA) is 26.3 Å². The summed E-state index contributed by atoms with van der Waals surface area (Å²) in [5, 5.41) is 0. The summed E-state index contributed by atoms with van der Waals surface area (Å²) in [6.07, 6.45) is 4.72. The largest absolute Gasteiger partial charge is 0.362 e. The maximum atomic E-state index is 13.4. The van der Waals surface area contributed by atoms with Gasteiger partial charge < -0.3 is 4.74 Å². The number of rotatable bonds is 10. The van der Waals surface area contributed by atoms with Crippen LogP contribution >= 0.6 is 0 Å². The summed E-state index contributed by atoms with van der Waals surface area (Å²) in [4.78, 5) is 13.4. The summed E-state index contributed by atoms with van der Waals surface area (Å²) in [6, 6.07) is 19.5. The average molecular weight is 324 g/mol. The number of unbranched alkanes of at least 4 members (excludes halogenated alkanes) is 2. The summed E-state index contributed by atoms with van der Waals surface area (Å²) in [6.45, 7) is 4.89. The zero-order chi connectivity index (χ0) is 17.3. The van der Waals surface area contributed by atoms with E-state index in [0.29, 0.717) is 18.6 Å². The van der Waals surface area contributed by atoms with E-state index in [1.54, 1.807) is 0 Å². The zero-order valence-corrected chi connectivity index (χ0v) is 14.8. The molecule has 24 heavy (non-hydrogen) atoms. The second-order valence-electron chi connectivity index (χ2n) is 6.19. The molecule has 0 heterocycles. The first kappa shape index (κ1) is 18.4. The van der Waals surface area contributed by atoms with Crippen molar-refractivity contribution in [2.24, 2.45) is 0 Å². The van der Waals surface area contributed by atoms with Gasteiger partial charge in [0.25, 0.3) is 0 Å². The van der Waals surface area contributed by atoms with Crippen LogP contribution in [0.25, 0.3) is 0 Å². The molecule has 0 aliphatic rings. The van der Waals surface area contributed by atoms with E-state index in [2.05, 4.69) is 13.8 Å². The number of benzene rings is 2. The smallest absolute Gasteiger partial charge is 0.199 e. The first-order valence-electron chi connectivity index (χ1n) is 9.04. The maximum Gasteiger partial charge on any atom is 0.199 e. The number of ketones is 1. The highest BCUT2D eigenvalue weighted by Crippen LogP contribution is 2.35. The molecule has 0 N–H and O–H groups in total. The molecule has 0 aliphatic heterocycles. The highest BCUT2D eigenvalue weighted by atomic mass is 16.5. The van der Waals surface area contributed by atoms with E-state index < -0.39 is 5.60 Å². The highest BCUT2D eigenvalue weighted by molar-refractivity contribution is 6.03. The Kier molecular flexibility index (Phi) is 7.20. The van der Waals surface area contributed by atoms with Gasteiger partial charge in [-0.1, -0.05) is 93.8 Å². The fourth-order valence-electron chi connectivity index (χ4n) is 2.96. The van der Waals surface area contributed by atoms with Crippen molar-refractivity contribution in [2.75, 3.05) is 6.61 Å². The van der Waals surface area contributed by atoms with Gasteiger partial charge in [0.2, 0.25) is 0 Å². The molecule has 2 heteroatoms. The Morgan fingerprint density at radius 3 is 2.04 bits per heavy atom. The lowest BCUT2D eigenvalue weighted by Crippen LogP contribution is -2.39. The Labute approximate surface area is 145 Å². The van der Waals surface area contributed by atoms with Crippen molar-refractivity contribution < 1.29 is 9.53 Å². The Morgan fingerprint density at radius 2 is 1.46 bits per heavy atom. The maximum absolute atomic E-state index is 13.4. The van der Waals surface area contributed by atoms with Crippen molar-refractivity contribution in [3.05, 3.63) is 71.8 Å². The van der Waals surface area contributed by atoms with Gasteiger partial charge in [-0.3, -0.25) is 4.79 Å². The van der Waals surface area contributed by atoms with Crippen molar-refractivity contribution >= 4 is 5.78 Å². The van der Waals surface area contributed by atoms with E-state index in [0.717, 1.165) is 31.2 Å². The van der Waals surface area contributed by atoms with Crippen LogP contribution in [0.4, 0.5) is 0 Å². The lowest BCUT2D eigenvalue weighted by molar-refractivity contribution is -0.0370. The normalized spacial score (nSPS) is 13.4. The minimum Gasteiger partial charge on any atom is -0.362 e. The SMILES string of the molecule is CCCCOC(CCCC)(C(=O)c1ccccc1)c1ccccc1.